The van der Waals surface area contributed by atoms with Crippen LogP contribution in [0, 0.1) is 18.8 Å². The van der Waals surface area contributed by atoms with Gasteiger partial charge in [0.1, 0.15) is 0 Å². The van der Waals surface area contributed by atoms with Crippen LogP contribution in [0.1, 0.15) is 87.4 Å². The topological polar surface area (TPSA) is 17.1 Å². The number of Topliss-reactive ketones (excluding diaryl/α,β-unsaturated/α-hetero) is 1. The third-order valence-corrected chi connectivity index (χ3v) is 6.44. The van der Waals surface area contributed by atoms with E-state index in [4.69, 9.17) is 0 Å². The molecule has 0 N–H and O–H groups in total. The molecule has 0 bridgehead atoms. The number of allylic oxidation sites excluding steroid dienone is 4. The molecule has 0 spiro atoms. The van der Waals surface area contributed by atoms with Gasteiger partial charge < -0.3 is 0 Å². The smallest absolute Gasteiger partial charge is 0.159 e. The molecule has 2 aromatic rings. The quantitative estimate of drug-likeness (QED) is 0.311. The summed E-state index contributed by atoms with van der Waals surface area (Å²) in [6.07, 6.45) is 10.9. The SMILES string of the molecule is CC.CCC1CC(CC=C/C(C)=C(/Cc2ccc(C(C)=O)cc2)c2ccccc2C)C1. The van der Waals surface area contributed by atoms with Crippen LogP contribution >= 0.6 is 0 Å². The minimum absolute atomic E-state index is 0.117. The molecule has 1 saturated carbocycles. The van der Waals surface area contributed by atoms with Crippen LogP contribution in [0.3, 0.4) is 0 Å². The number of hydrogen-bond acceptors (Lipinski definition) is 1. The van der Waals surface area contributed by atoms with Crippen molar-refractivity contribution in [1.82, 2.24) is 0 Å². The summed E-state index contributed by atoms with van der Waals surface area (Å²) in [4.78, 5) is 11.6. The predicted octanol–water partition coefficient (Wildman–Crippen LogP) is 8.62. The van der Waals surface area contributed by atoms with E-state index in [-0.39, 0.29) is 5.78 Å². The van der Waals surface area contributed by atoms with Gasteiger partial charge in [-0.25, -0.2) is 0 Å². The lowest BCUT2D eigenvalue weighted by Crippen LogP contribution is -2.22. The molecule has 0 unspecified atom stereocenters. The largest absolute Gasteiger partial charge is 0.295 e. The molecule has 1 nitrogen and oxygen atoms in total. The Balaban J connectivity index is 0.00000166. The van der Waals surface area contributed by atoms with Crippen LogP contribution in [-0.2, 0) is 6.42 Å². The molecule has 166 valence electrons. The van der Waals surface area contributed by atoms with Crippen molar-refractivity contribution >= 4 is 11.4 Å². The van der Waals surface area contributed by atoms with Crippen LogP contribution in [0.25, 0.3) is 5.57 Å². The molecule has 0 aromatic heterocycles. The summed E-state index contributed by atoms with van der Waals surface area (Å²) >= 11 is 0. The Hall–Kier alpha value is -2.41. The zero-order chi connectivity index (χ0) is 22.8. The van der Waals surface area contributed by atoms with E-state index in [9.17, 15) is 4.79 Å². The van der Waals surface area contributed by atoms with Gasteiger partial charge in [0.15, 0.2) is 5.78 Å². The van der Waals surface area contributed by atoms with Crippen molar-refractivity contribution in [3.05, 3.63) is 88.5 Å². The van der Waals surface area contributed by atoms with Gasteiger partial charge in [-0.05, 0) is 86.1 Å². The van der Waals surface area contributed by atoms with Gasteiger partial charge in [0.05, 0.1) is 0 Å². The molecule has 0 atom stereocenters. The molecule has 1 aliphatic rings. The molecule has 1 fully saturated rings. The van der Waals surface area contributed by atoms with E-state index in [1.165, 1.54) is 53.5 Å². The number of hydrogen-bond donors (Lipinski definition) is 0. The fourth-order valence-corrected chi connectivity index (χ4v) is 4.36. The molecule has 31 heavy (non-hydrogen) atoms. The molecule has 1 heteroatoms. The van der Waals surface area contributed by atoms with E-state index >= 15 is 0 Å². The molecule has 0 amide bonds. The Labute approximate surface area is 190 Å². The number of aryl methyl sites for hydroxylation is 1. The van der Waals surface area contributed by atoms with Crippen LogP contribution in [0.15, 0.2) is 66.3 Å². The van der Waals surface area contributed by atoms with E-state index in [0.29, 0.717) is 0 Å². The lowest BCUT2D eigenvalue weighted by Gasteiger charge is -2.34. The number of benzene rings is 2. The van der Waals surface area contributed by atoms with E-state index in [1.807, 2.05) is 26.0 Å². The van der Waals surface area contributed by atoms with Crippen molar-refractivity contribution in [3.8, 4) is 0 Å². The Morgan fingerprint density at radius 3 is 2.19 bits per heavy atom. The van der Waals surface area contributed by atoms with Gasteiger partial charge in [0.25, 0.3) is 0 Å². The number of carbonyl (C=O) groups is 1. The minimum atomic E-state index is 0.117. The Kier molecular flexibility index (Phi) is 9.98. The molecule has 0 saturated heterocycles. The monoisotopic (exact) mass is 416 g/mol. The van der Waals surface area contributed by atoms with Gasteiger partial charge in [0.2, 0.25) is 0 Å². The first kappa shape index (κ1) is 24.9. The maximum atomic E-state index is 11.6. The van der Waals surface area contributed by atoms with Gasteiger partial charge in [-0.3, -0.25) is 4.79 Å². The Morgan fingerprint density at radius 2 is 1.61 bits per heavy atom. The molecule has 0 aliphatic heterocycles. The van der Waals surface area contributed by atoms with E-state index in [1.54, 1.807) is 6.92 Å². The van der Waals surface area contributed by atoms with Crippen molar-refractivity contribution in [1.29, 1.82) is 0 Å². The minimum Gasteiger partial charge on any atom is -0.295 e. The summed E-state index contributed by atoms with van der Waals surface area (Å²) in [5.41, 5.74) is 7.35. The molecule has 2 aromatic carbocycles. The maximum absolute atomic E-state index is 11.6. The van der Waals surface area contributed by atoms with Gasteiger partial charge in [-0.1, -0.05) is 87.9 Å². The van der Waals surface area contributed by atoms with Crippen molar-refractivity contribution in [3.63, 3.8) is 0 Å². The molecule has 3 rings (SSSR count). The van der Waals surface area contributed by atoms with E-state index in [0.717, 1.165) is 23.8 Å². The van der Waals surface area contributed by atoms with Gasteiger partial charge >= 0.3 is 0 Å². The second kappa shape index (κ2) is 12.4. The summed E-state index contributed by atoms with van der Waals surface area (Å²) in [6, 6.07) is 16.7. The maximum Gasteiger partial charge on any atom is 0.159 e. The normalized spacial score (nSPS) is 18.6. The van der Waals surface area contributed by atoms with Crippen molar-refractivity contribution < 1.29 is 4.79 Å². The highest BCUT2D eigenvalue weighted by molar-refractivity contribution is 5.94. The van der Waals surface area contributed by atoms with Crippen molar-refractivity contribution in [2.45, 2.75) is 73.6 Å². The second-order valence-corrected chi connectivity index (χ2v) is 8.66. The number of ketones is 1. The predicted molar refractivity (Wildman–Crippen MR) is 136 cm³/mol. The zero-order valence-corrected chi connectivity index (χ0v) is 20.4. The molecule has 0 heterocycles. The first-order valence-electron chi connectivity index (χ1n) is 12.0. The first-order valence-corrected chi connectivity index (χ1v) is 12.0. The fraction of sp³-hybridized carbons (Fsp3) is 0.433. The third kappa shape index (κ3) is 7.06. The summed E-state index contributed by atoms with van der Waals surface area (Å²) in [6.45, 7) is 12.3. The highest BCUT2D eigenvalue weighted by Crippen LogP contribution is 2.38. The Morgan fingerprint density at radius 1 is 0.968 bits per heavy atom. The van der Waals surface area contributed by atoms with Crippen LogP contribution in [0.5, 0.6) is 0 Å². The lowest BCUT2D eigenvalue weighted by atomic mass is 9.72. The summed E-state index contributed by atoms with van der Waals surface area (Å²) in [5, 5.41) is 0. The second-order valence-electron chi connectivity index (χ2n) is 8.66. The van der Waals surface area contributed by atoms with E-state index in [2.05, 4.69) is 69.3 Å². The summed E-state index contributed by atoms with van der Waals surface area (Å²) in [5.74, 6) is 1.96. The molecular formula is C30H40O. The third-order valence-electron chi connectivity index (χ3n) is 6.44. The van der Waals surface area contributed by atoms with Crippen LogP contribution in [0.2, 0.25) is 0 Å². The van der Waals surface area contributed by atoms with E-state index < -0.39 is 0 Å². The van der Waals surface area contributed by atoms with Gasteiger partial charge in [0, 0.05) is 5.56 Å². The highest BCUT2D eigenvalue weighted by atomic mass is 16.1. The Bertz CT molecular complexity index is 892. The first-order chi connectivity index (χ1) is 15.0. The summed E-state index contributed by atoms with van der Waals surface area (Å²) in [7, 11) is 0. The summed E-state index contributed by atoms with van der Waals surface area (Å²) < 4.78 is 0. The van der Waals surface area contributed by atoms with Gasteiger partial charge in [-0.15, -0.1) is 0 Å². The number of carbonyl (C=O) groups excluding carboxylic acids is 1. The van der Waals surface area contributed by atoms with Crippen LogP contribution in [0.4, 0.5) is 0 Å². The molecular weight excluding hydrogens is 376 g/mol. The molecule has 0 radical (unpaired) electrons. The van der Waals surface area contributed by atoms with Crippen LogP contribution in [-0.4, -0.2) is 5.78 Å². The van der Waals surface area contributed by atoms with Crippen molar-refractivity contribution in [2.24, 2.45) is 11.8 Å². The van der Waals surface area contributed by atoms with Crippen molar-refractivity contribution in [2.75, 3.05) is 0 Å². The highest BCUT2D eigenvalue weighted by Gasteiger charge is 2.26. The standard InChI is InChI=1S/C28H34O.C2H6/c1-5-23-17-25(18-23)11-8-10-21(3)28(27-12-7-6-9-20(27)2)19-24-13-15-26(16-14-24)22(4)29;1-2/h6-10,12-16,23,25H,5,11,17-19H2,1-4H3;1-2H3/b10-8?,28-21-;. The molecule has 1 aliphatic carbocycles. The average molecular weight is 417 g/mol. The number of rotatable bonds is 8. The fourth-order valence-electron chi connectivity index (χ4n) is 4.36. The van der Waals surface area contributed by atoms with Crippen LogP contribution < -0.4 is 0 Å². The van der Waals surface area contributed by atoms with Gasteiger partial charge in [-0.2, -0.15) is 0 Å². The lowest BCUT2D eigenvalue weighted by molar-refractivity contribution is 0.101. The zero-order valence-electron chi connectivity index (χ0n) is 20.4. The average Bonchev–Trinajstić information content (AvgIpc) is 2.76.